The first-order valence-corrected chi connectivity index (χ1v) is 7.08. The summed E-state index contributed by atoms with van der Waals surface area (Å²) in [4.78, 5) is 4.34. The van der Waals surface area contributed by atoms with Crippen molar-refractivity contribution < 1.29 is 0 Å². The molecule has 0 saturated heterocycles. The van der Waals surface area contributed by atoms with E-state index >= 15 is 0 Å². The summed E-state index contributed by atoms with van der Waals surface area (Å²) in [5.41, 5.74) is 8.52. The number of fused-ring (bicyclic) bond motifs is 1. The zero-order valence-corrected chi connectivity index (χ0v) is 12.3. The Hall–Kier alpha value is -2.08. The van der Waals surface area contributed by atoms with E-state index in [0.717, 1.165) is 34.2 Å². The number of pyridine rings is 1. The Balaban J connectivity index is 1.86. The lowest BCUT2D eigenvalue weighted by Gasteiger charge is -2.12. The van der Waals surface area contributed by atoms with Gasteiger partial charge in [-0.15, -0.1) is 0 Å². The van der Waals surface area contributed by atoms with E-state index in [2.05, 4.69) is 31.3 Å². The minimum atomic E-state index is 0.649. The smallest absolute Gasteiger partial charge is 0.0743 e. The number of hydrogen-bond acceptors (Lipinski definition) is 4. The van der Waals surface area contributed by atoms with Crippen molar-refractivity contribution in [2.75, 3.05) is 17.6 Å². The van der Waals surface area contributed by atoms with E-state index in [1.807, 2.05) is 35.1 Å². The number of aromatic nitrogens is 3. The maximum absolute atomic E-state index is 6.03. The van der Waals surface area contributed by atoms with Crippen molar-refractivity contribution in [2.45, 2.75) is 6.54 Å². The van der Waals surface area contributed by atoms with Gasteiger partial charge in [0.2, 0.25) is 0 Å². The van der Waals surface area contributed by atoms with Gasteiger partial charge in [0.1, 0.15) is 0 Å². The molecule has 1 aromatic carbocycles. The van der Waals surface area contributed by atoms with E-state index in [4.69, 9.17) is 5.73 Å². The van der Waals surface area contributed by atoms with E-state index in [9.17, 15) is 0 Å². The van der Waals surface area contributed by atoms with Crippen LogP contribution in [0.2, 0.25) is 0 Å². The zero-order valence-electron chi connectivity index (χ0n) is 10.8. The number of nitrogens with zero attached hydrogens (tertiary/aromatic N) is 3. The van der Waals surface area contributed by atoms with Gasteiger partial charge in [0.15, 0.2) is 0 Å². The second-order valence-electron chi connectivity index (χ2n) is 4.45. The molecule has 0 aliphatic carbocycles. The number of benzene rings is 1. The highest BCUT2D eigenvalue weighted by Crippen LogP contribution is 2.29. The van der Waals surface area contributed by atoms with Gasteiger partial charge in [0.05, 0.1) is 29.6 Å². The van der Waals surface area contributed by atoms with Crippen LogP contribution < -0.4 is 11.1 Å². The second-order valence-corrected chi connectivity index (χ2v) is 5.36. The topological polar surface area (TPSA) is 68.8 Å². The molecule has 3 aromatic rings. The van der Waals surface area contributed by atoms with Crippen LogP contribution in [0.25, 0.3) is 10.9 Å². The van der Waals surface area contributed by atoms with E-state index in [1.54, 1.807) is 12.4 Å². The summed E-state index contributed by atoms with van der Waals surface area (Å²) in [6, 6.07) is 7.87. The first kappa shape index (κ1) is 12.9. The Morgan fingerprint density at radius 3 is 3.05 bits per heavy atom. The fourth-order valence-electron chi connectivity index (χ4n) is 2.11. The second kappa shape index (κ2) is 5.50. The van der Waals surface area contributed by atoms with Gasteiger partial charge >= 0.3 is 0 Å². The van der Waals surface area contributed by atoms with Crippen molar-refractivity contribution in [1.29, 1.82) is 0 Å². The molecule has 0 saturated carbocycles. The fraction of sp³-hybridized carbons (Fsp3) is 0.143. The van der Waals surface area contributed by atoms with Gasteiger partial charge in [-0.1, -0.05) is 15.9 Å². The van der Waals surface area contributed by atoms with Crippen molar-refractivity contribution in [3.05, 3.63) is 47.3 Å². The highest BCUT2D eigenvalue weighted by Gasteiger charge is 2.07. The monoisotopic (exact) mass is 331 g/mol. The molecule has 0 amide bonds. The lowest BCUT2D eigenvalue weighted by atomic mass is 10.1. The molecule has 2 heterocycles. The van der Waals surface area contributed by atoms with Crippen LogP contribution in [0.3, 0.4) is 0 Å². The molecule has 102 valence electrons. The van der Waals surface area contributed by atoms with Gasteiger partial charge in [-0.2, -0.15) is 5.10 Å². The Bertz CT molecular complexity index is 719. The molecular formula is C14H14BrN5. The SMILES string of the molecule is Nc1cnc2ccc(Br)cc2c1NCCn1cccn1. The summed E-state index contributed by atoms with van der Waals surface area (Å²) in [5.74, 6) is 0. The van der Waals surface area contributed by atoms with Crippen molar-refractivity contribution in [2.24, 2.45) is 0 Å². The van der Waals surface area contributed by atoms with Gasteiger partial charge in [0, 0.05) is 28.8 Å². The summed E-state index contributed by atoms with van der Waals surface area (Å²) in [6.07, 6.45) is 5.39. The first-order chi connectivity index (χ1) is 9.74. The molecule has 3 N–H and O–H groups in total. The van der Waals surface area contributed by atoms with Crippen LogP contribution in [0.4, 0.5) is 11.4 Å². The molecule has 3 rings (SSSR count). The lowest BCUT2D eigenvalue weighted by Crippen LogP contribution is -2.12. The first-order valence-electron chi connectivity index (χ1n) is 6.29. The highest BCUT2D eigenvalue weighted by molar-refractivity contribution is 9.10. The maximum atomic E-state index is 6.03. The Kier molecular flexibility index (Phi) is 3.56. The molecular weight excluding hydrogens is 318 g/mol. The number of hydrogen-bond donors (Lipinski definition) is 2. The summed E-state index contributed by atoms with van der Waals surface area (Å²) < 4.78 is 2.88. The van der Waals surface area contributed by atoms with Gasteiger partial charge in [-0.25, -0.2) is 0 Å². The van der Waals surface area contributed by atoms with Crippen LogP contribution in [-0.2, 0) is 6.54 Å². The number of rotatable bonds is 4. The van der Waals surface area contributed by atoms with Crippen molar-refractivity contribution in [3.63, 3.8) is 0 Å². The molecule has 0 bridgehead atoms. The van der Waals surface area contributed by atoms with Crippen LogP contribution in [-0.4, -0.2) is 21.3 Å². The summed E-state index contributed by atoms with van der Waals surface area (Å²) >= 11 is 3.48. The summed E-state index contributed by atoms with van der Waals surface area (Å²) in [6.45, 7) is 1.53. The van der Waals surface area contributed by atoms with Gasteiger partial charge < -0.3 is 11.1 Å². The standard InChI is InChI=1S/C14H14BrN5/c15-10-2-3-13-11(8-10)14(12(16)9-18-13)17-5-7-20-6-1-4-19-20/h1-4,6,8-9H,5,7,16H2,(H,17,18). The fourth-order valence-corrected chi connectivity index (χ4v) is 2.47. The molecule has 0 spiro atoms. The summed E-state index contributed by atoms with van der Waals surface area (Å²) in [7, 11) is 0. The van der Waals surface area contributed by atoms with Gasteiger partial charge in [-0.05, 0) is 24.3 Å². The molecule has 6 heteroatoms. The Morgan fingerprint density at radius 2 is 2.25 bits per heavy atom. The normalized spacial score (nSPS) is 10.8. The third-order valence-corrected chi connectivity index (χ3v) is 3.55. The number of nitrogen functional groups attached to an aromatic ring is 1. The number of nitrogens with two attached hydrogens (primary N) is 1. The largest absolute Gasteiger partial charge is 0.396 e. The molecule has 0 unspecified atom stereocenters. The van der Waals surface area contributed by atoms with Crippen molar-refractivity contribution in [1.82, 2.24) is 14.8 Å². The van der Waals surface area contributed by atoms with Crippen LogP contribution >= 0.6 is 15.9 Å². The molecule has 0 fully saturated rings. The third-order valence-electron chi connectivity index (χ3n) is 3.06. The molecule has 20 heavy (non-hydrogen) atoms. The van der Waals surface area contributed by atoms with E-state index in [-0.39, 0.29) is 0 Å². The number of nitrogens with one attached hydrogen (secondary N) is 1. The zero-order chi connectivity index (χ0) is 13.9. The predicted octanol–water partition coefficient (Wildman–Crippen LogP) is 2.89. The maximum Gasteiger partial charge on any atom is 0.0743 e. The number of anilines is 2. The third kappa shape index (κ3) is 2.60. The quantitative estimate of drug-likeness (QED) is 0.771. The van der Waals surface area contributed by atoms with E-state index in [1.165, 1.54) is 0 Å². The minimum Gasteiger partial charge on any atom is -0.396 e. The van der Waals surface area contributed by atoms with E-state index < -0.39 is 0 Å². The highest BCUT2D eigenvalue weighted by atomic mass is 79.9. The van der Waals surface area contributed by atoms with Crippen LogP contribution in [0.15, 0.2) is 47.3 Å². The van der Waals surface area contributed by atoms with Crippen molar-refractivity contribution in [3.8, 4) is 0 Å². The number of halogens is 1. The molecule has 5 nitrogen and oxygen atoms in total. The lowest BCUT2D eigenvalue weighted by molar-refractivity contribution is 0.638. The Morgan fingerprint density at radius 1 is 1.35 bits per heavy atom. The molecule has 2 aromatic heterocycles. The Labute approximate surface area is 124 Å². The minimum absolute atomic E-state index is 0.649. The molecule has 0 atom stereocenters. The average Bonchev–Trinajstić information content (AvgIpc) is 2.94. The van der Waals surface area contributed by atoms with Crippen LogP contribution in [0.5, 0.6) is 0 Å². The van der Waals surface area contributed by atoms with Crippen molar-refractivity contribution >= 4 is 38.2 Å². The van der Waals surface area contributed by atoms with Crippen LogP contribution in [0, 0.1) is 0 Å². The molecule has 0 aliphatic rings. The van der Waals surface area contributed by atoms with Crippen LogP contribution in [0.1, 0.15) is 0 Å². The predicted molar refractivity (Wildman–Crippen MR) is 84.6 cm³/mol. The molecule has 0 radical (unpaired) electrons. The summed E-state index contributed by atoms with van der Waals surface area (Å²) in [5, 5.41) is 8.56. The average molecular weight is 332 g/mol. The van der Waals surface area contributed by atoms with E-state index in [0.29, 0.717) is 5.69 Å². The molecule has 0 aliphatic heterocycles. The van der Waals surface area contributed by atoms with Gasteiger partial charge in [0.25, 0.3) is 0 Å². The van der Waals surface area contributed by atoms with Gasteiger partial charge in [-0.3, -0.25) is 9.67 Å².